The van der Waals surface area contributed by atoms with Gasteiger partial charge in [0.25, 0.3) is 0 Å². The van der Waals surface area contributed by atoms with Crippen LogP contribution in [0.15, 0.2) is 0 Å². The molecule has 2 aliphatic carbocycles. The molecule has 0 aromatic rings. The first-order chi connectivity index (χ1) is 13.2. The highest BCUT2D eigenvalue weighted by molar-refractivity contribution is 5.09. The van der Waals surface area contributed by atoms with E-state index < -0.39 is 0 Å². The third kappa shape index (κ3) is 3.29. The van der Waals surface area contributed by atoms with Gasteiger partial charge in [0.15, 0.2) is 0 Å². The molecular weight excluding hydrogens is 342 g/mol. The minimum absolute atomic E-state index is 0.131. The first kappa shape index (κ1) is 19.9. The zero-order chi connectivity index (χ0) is 19.6. The van der Waals surface area contributed by atoms with Crippen molar-refractivity contribution in [3.05, 3.63) is 0 Å². The SMILES string of the molecule is CC(C)C1CC23CCCC(C)(CNC(C2)C2CCC4(C)CCCCC1(C2)O4)C3. The fourth-order valence-corrected chi connectivity index (χ4v) is 8.93. The van der Waals surface area contributed by atoms with Crippen molar-refractivity contribution in [2.24, 2.45) is 28.6 Å². The van der Waals surface area contributed by atoms with Gasteiger partial charge in [-0.05, 0) is 99.7 Å². The summed E-state index contributed by atoms with van der Waals surface area (Å²) < 4.78 is 7.37. The first-order valence-electron chi connectivity index (χ1n) is 12.7. The highest BCUT2D eigenvalue weighted by atomic mass is 16.5. The maximum Gasteiger partial charge on any atom is 0.0723 e. The average Bonchev–Trinajstić information content (AvgIpc) is 2.93. The van der Waals surface area contributed by atoms with Gasteiger partial charge in [-0.15, -0.1) is 0 Å². The molecule has 0 amide bonds. The van der Waals surface area contributed by atoms with Gasteiger partial charge in [-0.3, -0.25) is 0 Å². The predicted octanol–water partition coefficient (Wildman–Crippen LogP) is 6.48. The van der Waals surface area contributed by atoms with Gasteiger partial charge >= 0.3 is 0 Å². The molecule has 0 radical (unpaired) electrons. The van der Waals surface area contributed by atoms with Crippen molar-refractivity contribution in [3.63, 3.8) is 0 Å². The second-order valence-corrected chi connectivity index (χ2v) is 12.9. The lowest BCUT2D eigenvalue weighted by atomic mass is 9.54. The van der Waals surface area contributed by atoms with Crippen LogP contribution in [0.5, 0.6) is 0 Å². The second kappa shape index (κ2) is 6.71. The van der Waals surface area contributed by atoms with Gasteiger partial charge in [-0.25, -0.2) is 0 Å². The largest absolute Gasteiger partial charge is 0.369 e. The Balaban J connectivity index is 1.61. The Bertz CT molecular complexity index is 603. The lowest BCUT2D eigenvalue weighted by Crippen LogP contribution is -2.53. The molecule has 7 atom stereocenters. The number of nitrogens with one attached hydrogen (secondary N) is 1. The van der Waals surface area contributed by atoms with E-state index in [0.29, 0.717) is 10.8 Å². The highest BCUT2D eigenvalue weighted by Crippen LogP contribution is 2.61. The third-order valence-corrected chi connectivity index (χ3v) is 10.1. The van der Waals surface area contributed by atoms with Crippen LogP contribution < -0.4 is 5.32 Å². The van der Waals surface area contributed by atoms with Gasteiger partial charge < -0.3 is 10.1 Å². The third-order valence-electron chi connectivity index (χ3n) is 10.1. The smallest absolute Gasteiger partial charge is 0.0723 e. The molecule has 3 saturated heterocycles. The van der Waals surface area contributed by atoms with Gasteiger partial charge in [0, 0.05) is 12.6 Å². The summed E-state index contributed by atoms with van der Waals surface area (Å²) in [6.45, 7) is 11.3. The van der Waals surface area contributed by atoms with E-state index in [4.69, 9.17) is 4.74 Å². The van der Waals surface area contributed by atoms with Crippen molar-refractivity contribution >= 4 is 0 Å². The molecule has 2 heteroatoms. The Labute approximate surface area is 173 Å². The molecule has 3 heterocycles. The number of hydrogen-bond donors (Lipinski definition) is 1. The zero-order valence-electron chi connectivity index (χ0n) is 19.1. The molecule has 2 saturated carbocycles. The number of rotatable bonds is 1. The normalized spacial score (nSPS) is 54.1. The average molecular weight is 388 g/mol. The molecule has 7 unspecified atom stereocenters. The van der Waals surface area contributed by atoms with Crippen LogP contribution in [0.2, 0.25) is 0 Å². The van der Waals surface area contributed by atoms with Crippen LogP contribution in [0.4, 0.5) is 0 Å². The molecule has 5 aliphatic rings. The summed E-state index contributed by atoms with van der Waals surface area (Å²) in [6, 6.07) is 0.734. The van der Waals surface area contributed by atoms with E-state index in [1.54, 1.807) is 0 Å². The van der Waals surface area contributed by atoms with E-state index in [2.05, 4.69) is 33.0 Å². The number of fused-ring (bicyclic) bond motifs is 5. The van der Waals surface area contributed by atoms with Crippen LogP contribution in [0.3, 0.4) is 0 Å². The molecule has 0 aromatic carbocycles. The minimum atomic E-state index is 0.131. The lowest BCUT2D eigenvalue weighted by molar-refractivity contribution is -0.192. The Morgan fingerprint density at radius 2 is 1.71 bits per heavy atom. The molecule has 0 aromatic heterocycles. The number of ether oxygens (including phenoxy) is 1. The van der Waals surface area contributed by atoms with E-state index in [0.717, 1.165) is 23.8 Å². The van der Waals surface area contributed by atoms with Crippen LogP contribution >= 0.6 is 0 Å². The monoisotopic (exact) mass is 387 g/mol. The van der Waals surface area contributed by atoms with Gasteiger partial charge in [0.05, 0.1) is 11.2 Å². The molecular formula is C26H45NO. The molecule has 2 spiro atoms. The van der Waals surface area contributed by atoms with Crippen molar-refractivity contribution in [1.82, 2.24) is 5.32 Å². The maximum absolute atomic E-state index is 7.37. The fourth-order valence-electron chi connectivity index (χ4n) is 8.93. The Kier molecular flexibility index (Phi) is 4.76. The van der Waals surface area contributed by atoms with Gasteiger partial charge in [0.2, 0.25) is 0 Å². The van der Waals surface area contributed by atoms with Crippen molar-refractivity contribution in [2.45, 2.75) is 128 Å². The van der Waals surface area contributed by atoms with Crippen LogP contribution in [0.1, 0.15) is 111 Å². The second-order valence-electron chi connectivity index (χ2n) is 12.9. The molecule has 2 nitrogen and oxygen atoms in total. The first-order valence-corrected chi connectivity index (χ1v) is 12.7. The summed E-state index contributed by atoms with van der Waals surface area (Å²) in [5, 5.41) is 4.16. The van der Waals surface area contributed by atoms with E-state index in [1.807, 2.05) is 0 Å². The molecule has 6 bridgehead atoms. The van der Waals surface area contributed by atoms with E-state index in [9.17, 15) is 0 Å². The van der Waals surface area contributed by atoms with Crippen LogP contribution in [0.25, 0.3) is 0 Å². The predicted molar refractivity (Wildman–Crippen MR) is 116 cm³/mol. The molecule has 3 aliphatic heterocycles. The molecule has 28 heavy (non-hydrogen) atoms. The topological polar surface area (TPSA) is 21.3 Å². The van der Waals surface area contributed by atoms with Crippen molar-refractivity contribution in [2.75, 3.05) is 6.54 Å². The molecule has 5 fully saturated rings. The quantitative estimate of drug-likeness (QED) is 0.556. The fraction of sp³-hybridized carbons (Fsp3) is 1.00. The van der Waals surface area contributed by atoms with Crippen molar-refractivity contribution < 1.29 is 4.74 Å². The standard InChI is InChI=1S/C26H45NO/c1-19(2)21-15-25-11-7-9-23(3,17-25)18-27-22(16-25)20-8-13-24(4)10-5-6-12-26(21,14-20)28-24/h19-22,27H,5-18H2,1-4H3. The highest BCUT2D eigenvalue weighted by Gasteiger charge is 2.57. The zero-order valence-corrected chi connectivity index (χ0v) is 19.1. The Morgan fingerprint density at radius 1 is 0.893 bits per heavy atom. The lowest BCUT2D eigenvalue weighted by Gasteiger charge is -2.54. The summed E-state index contributed by atoms with van der Waals surface area (Å²) in [7, 11) is 0. The summed E-state index contributed by atoms with van der Waals surface area (Å²) >= 11 is 0. The Hall–Kier alpha value is -0.0800. The summed E-state index contributed by atoms with van der Waals surface area (Å²) in [5.74, 6) is 2.30. The molecule has 160 valence electrons. The van der Waals surface area contributed by atoms with Gasteiger partial charge in [-0.2, -0.15) is 0 Å². The molecule has 5 rings (SSSR count). The Morgan fingerprint density at radius 3 is 2.54 bits per heavy atom. The summed E-state index contributed by atoms with van der Waals surface area (Å²) in [5.41, 5.74) is 1.37. The van der Waals surface area contributed by atoms with Gasteiger partial charge in [-0.1, -0.05) is 40.0 Å². The summed E-state index contributed by atoms with van der Waals surface area (Å²) in [4.78, 5) is 0. The van der Waals surface area contributed by atoms with Crippen LogP contribution in [-0.4, -0.2) is 23.8 Å². The number of hydrogen-bond acceptors (Lipinski definition) is 2. The van der Waals surface area contributed by atoms with Crippen molar-refractivity contribution in [3.8, 4) is 0 Å². The molecule has 1 N–H and O–H groups in total. The van der Waals surface area contributed by atoms with E-state index in [1.165, 1.54) is 90.0 Å². The van der Waals surface area contributed by atoms with E-state index in [-0.39, 0.29) is 11.2 Å². The van der Waals surface area contributed by atoms with E-state index >= 15 is 0 Å². The summed E-state index contributed by atoms with van der Waals surface area (Å²) in [6.07, 6.45) is 18.1. The van der Waals surface area contributed by atoms with Crippen molar-refractivity contribution in [1.29, 1.82) is 0 Å². The maximum atomic E-state index is 7.37. The van der Waals surface area contributed by atoms with Crippen LogP contribution in [0, 0.1) is 28.6 Å². The minimum Gasteiger partial charge on any atom is -0.369 e. The van der Waals surface area contributed by atoms with Crippen LogP contribution in [-0.2, 0) is 4.74 Å². The van der Waals surface area contributed by atoms with Gasteiger partial charge in [0.1, 0.15) is 0 Å².